The van der Waals surface area contributed by atoms with Crippen LogP contribution in [0.2, 0.25) is 0 Å². The molecule has 0 bridgehead atoms. The predicted octanol–water partition coefficient (Wildman–Crippen LogP) is 1.10. The summed E-state index contributed by atoms with van der Waals surface area (Å²) in [7, 11) is -3.61. The number of benzene rings is 1. The number of hydrogen-bond acceptors (Lipinski definition) is 6. The zero-order valence-corrected chi connectivity index (χ0v) is 16.1. The second-order valence-electron chi connectivity index (χ2n) is 6.93. The predicted molar refractivity (Wildman–Crippen MR) is 103 cm³/mol. The minimum atomic E-state index is -3.61. The number of sulfonamides is 1. The smallest absolute Gasteiger partial charge is 0.285 e. The van der Waals surface area contributed by atoms with Crippen molar-refractivity contribution in [2.75, 3.05) is 31.1 Å². The fourth-order valence-electron chi connectivity index (χ4n) is 3.42. The maximum Gasteiger partial charge on any atom is 0.285 e. The van der Waals surface area contributed by atoms with E-state index in [0.29, 0.717) is 37.6 Å². The molecule has 0 radical (unpaired) electrons. The summed E-state index contributed by atoms with van der Waals surface area (Å²) in [4.78, 5) is 16.3. The fourth-order valence-corrected chi connectivity index (χ4v) is 4.65. The molecule has 1 fully saturated rings. The van der Waals surface area contributed by atoms with E-state index >= 15 is 0 Å². The van der Waals surface area contributed by atoms with Gasteiger partial charge in [-0.2, -0.15) is 13.5 Å². The first kappa shape index (κ1) is 17.7. The van der Waals surface area contributed by atoms with Crippen LogP contribution in [0.1, 0.15) is 25.5 Å². The normalized spacial score (nSPS) is 18.6. The van der Waals surface area contributed by atoms with Gasteiger partial charge in [0.25, 0.3) is 15.6 Å². The lowest BCUT2D eigenvalue weighted by molar-refractivity contribution is 0.383. The number of amidine groups is 1. The Labute approximate surface area is 157 Å². The lowest BCUT2D eigenvalue weighted by Gasteiger charge is -2.36. The van der Waals surface area contributed by atoms with Gasteiger partial charge >= 0.3 is 0 Å². The Bertz CT molecular complexity index is 1070. The van der Waals surface area contributed by atoms with Gasteiger partial charge in [0, 0.05) is 37.8 Å². The Kier molecular flexibility index (Phi) is 4.26. The second-order valence-corrected chi connectivity index (χ2v) is 8.50. The summed E-state index contributed by atoms with van der Waals surface area (Å²) >= 11 is 0. The standard InChI is InChI=1S/C18H21N5O3S/c1-13(2)23-17(24)8-7-16(19-23)21-9-11-22(12-10-21)18-14-5-3-4-6-15(14)27(25,26)20-18/h3-8,13H,9-12H2,1-2H3. The van der Waals surface area contributed by atoms with E-state index in [0.717, 1.165) is 5.82 Å². The number of hydrogen-bond donors (Lipinski definition) is 0. The zero-order chi connectivity index (χ0) is 19.2. The molecule has 0 aliphatic carbocycles. The Morgan fingerprint density at radius 1 is 0.963 bits per heavy atom. The molecular formula is C18H21N5O3S. The molecule has 27 heavy (non-hydrogen) atoms. The van der Waals surface area contributed by atoms with Gasteiger partial charge in [0.1, 0.15) is 10.7 Å². The van der Waals surface area contributed by atoms with Crippen LogP contribution in [0.15, 0.2) is 50.5 Å². The molecule has 1 aromatic carbocycles. The number of anilines is 1. The lowest BCUT2D eigenvalue weighted by atomic mass is 10.1. The second kappa shape index (κ2) is 6.49. The van der Waals surface area contributed by atoms with Crippen LogP contribution in [0.4, 0.5) is 5.82 Å². The Morgan fingerprint density at radius 2 is 1.63 bits per heavy atom. The van der Waals surface area contributed by atoms with E-state index < -0.39 is 10.0 Å². The van der Waals surface area contributed by atoms with Gasteiger partial charge < -0.3 is 9.80 Å². The van der Waals surface area contributed by atoms with Crippen molar-refractivity contribution < 1.29 is 8.42 Å². The molecule has 0 amide bonds. The quantitative estimate of drug-likeness (QED) is 0.767. The molecule has 3 heterocycles. The molecule has 4 rings (SSSR count). The SMILES string of the molecule is CC(C)n1nc(N2CCN(C3=NS(=O)(=O)c4ccccc43)CC2)ccc1=O. The number of rotatable bonds is 2. The first-order chi connectivity index (χ1) is 12.9. The molecular weight excluding hydrogens is 366 g/mol. The summed E-state index contributed by atoms with van der Waals surface area (Å²) in [6, 6.07) is 10.2. The van der Waals surface area contributed by atoms with Crippen LogP contribution in [-0.2, 0) is 10.0 Å². The molecule has 9 heteroatoms. The average Bonchev–Trinajstić information content (AvgIpc) is 2.94. The molecule has 1 saturated heterocycles. The van der Waals surface area contributed by atoms with Gasteiger partial charge in [-0.25, -0.2) is 4.68 Å². The molecule has 0 unspecified atom stereocenters. The van der Waals surface area contributed by atoms with Crippen molar-refractivity contribution in [1.82, 2.24) is 14.7 Å². The molecule has 2 aliphatic rings. The molecule has 2 aliphatic heterocycles. The molecule has 8 nitrogen and oxygen atoms in total. The molecule has 0 saturated carbocycles. The number of fused-ring (bicyclic) bond motifs is 1. The van der Waals surface area contributed by atoms with Crippen molar-refractivity contribution in [3.05, 3.63) is 52.3 Å². The molecule has 1 aromatic heterocycles. The van der Waals surface area contributed by atoms with Crippen molar-refractivity contribution in [1.29, 1.82) is 0 Å². The van der Waals surface area contributed by atoms with Gasteiger partial charge in [-0.3, -0.25) is 4.79 Å². The van der Waals surface area contributed by atoms with Gasteiger partial charge in [0.15, 0.2) is 5.84 Å². The maximum atomic E-state index is 12.3. The van der Waals surface area contributed by atoms with Gasteiger partial charge in [-0.15, -0.1) is 4.40 Å². The molecule has 0 N–H and O–H groups in total. The minimum Gasteiger partial charge on any atom is -0.352 e. The van der Waals surface area contributed by atoms with Gasteiger partial charge in [0.2, 0.25) is 0 Å². The third-order valence-electron chi connectivity index (χ3n) is 4.82. The van der Waals surface area contributed by atoms with E-state index in [-0.39, 0.29) is 16.5 Å². The van der Waals surface area contributed by atoms with Crippen LogP contribution in [-0.4, -0.2) is 55.1 Å². The van der Waals surface area contributed by atoms with Crippen LogP contribution in [0.25, 0.3) is 0 Å². The first-order valence-corrected chi connectivity index (χ1v) is 10.3. The van der Waals surface area contributed by atoms with Crippen LogP contribution in [0.3, 0.4) is 0 Å². The van der Waals surface area contributed by atoms with Crippen molar-refractivity contribution in [3.8, 4) is 0 Å². The highest BCUT2D eigenvalue weighted by Crippen LogP contribution is 2.28. The van der Waals surface area contributed by atoms with Gasteiger partial charge in [0.05, 0.1) is 6.04 Å². The van der Waals surface area contributed by atoms with Crippen LogP contribution < -0.4 is 10.5 Å². The van der Waals surface area contributed by atoms with E-state index in [1.54, 1.807) is 30.3 Å². The summed E-state index contributed by atoms with van der Waals surface area (Å²) in [6.45, 7) is 6.45. The third-order valence-corrected chi connectivity index (χ3v) is 6.14. The lowest BCUT2D eigenvalue weighted by Crippen LogP contribution is -2.49. The van der Waals surface area contributed by atoms with Gasteiger partial charge in [-0.05, 0) is 32.0 Å². The Balaban J connectivity index is 1.54. The van der Waals surface area contributed by atoms with E-state index in [4.69, 9.17) is 0 Å². The van der Waals surface area contributed by atoms with Crippen LogP contribution in [0, 0.1) is 0 Å². The van der Waals surface area contributed by atoms with Crippen molar-refractivity contribution in [2.24, 2.45) is 4.40 Å². The number of nitrogens with zero attached hydrogens (tertiary/aromatic N) is 5. The van der Waals surface area contributed by atoms with Crippen LogP contribution >= 0.6 is 0 Å². The molecule has 0 atom stereocenters. The van der Waals surface area contributed by atoms with Crippen molar-refractivity contribution >= 4 is 21.7 Å². The average molecular weight is 387 g/mol. The van der Waals surface area contributed by atoms with Gasteiger partial charge in [-0.1, -0.05) is 12.1 Å². The largest absolute Gasteiger partial charge is 0.352 e. The number of piperazine rings is 1. The number of aromatic nitrogens is 2. The summed E-state index contributed by atoms with van der Waals surface area (Å²) in [5.74, 6) is 1.27. The molecule has 0 spiro atoms. The molecule has 142 valence electrons. The van der Waals surface area contributed by atoms with E-state index in [1.807, 2.05) is 24.8 Å². The summed E-state index contributed by atoms with van der Waals surface area (Å²) < 4.78 is 30.0. The topological polar surface area (TPSA) is 87.9 Å². The fraction of sp³-hybridized carbons (Fsp3) is 0.389. The van der Waals surface area contributed by atoms with Crippen molar-refractivity contribution in [2.45, 2.75) is 24.8 Å². The summed E-state index contributed by atoms with van der Waals surface area (Å²) in [5.41, 5.74) is 0.548. The Hall–Kier alpha value is -2.68. The Morgan fingerprint density at radius 3 is 2.33 bits per heavy atom. The summed E-state index contributed by atoms with van der Waals surface area (Å²) in [6.07, 6.45) is 0. The van der Waals surface area contributed by atoms with E-state index in [2.05, 4.69) is 14.4 Å². The monoisotopic (exact) mass is 387 g/mol. The third kappa shape index (κ3) is 3.12. The van der Waals surface area contributed by atoms with E-state index in [1.165, 1.54) is 4.68 Å². The maximum absolute atomic E-state index is 12.3. The van der Waals surface area contributed by atoms with Crippen molar-refractivity contribution in [3.63, 3.8) is 0 Å². The zero-order valence-electron chi connectivity index (χ0n) is 15.2. The summed E-state index contributed by atoms with van der Waals surface area (Å²) in [5, 5.41) is 4.46. The highest BCUT2D eigenvalue weighted by molar-refractivity contribution is 7.90. The minimum absolute atomic E-state index is 0.00621. The van der Waals surface area contributed by atoms with E-state index in [9.17, 15) is 13.2 Å². The highest BCUT2D eigenvalue weighted by Gasteiger charge is 2.33. The van der Waals surface area contributed by atoms with Crippen LogP contribution in [0.5, 0.6) is 0 Å². The molecule has 2 aromatic rings. The highest BCUT2D eigenvalue weighted by atomic mass is 32.2. The first-order valence-electron chi connectivity index (χ1n) is 8.91.